The fraction of sp³-hybridized carbons (Fsp3) is 0.542. The Morgan fingerprint density at radius 1 is 1.23 bits per heavy atom. The summed E-state index contributed by atoms with van der Waals surface area (Å²) in [7, 11) is 0. The maximum absolute atomic E-state index is 12.9. The van der Waals surface area contributed by atoms with Gasteiger partial charge in [-0.05, 0) is 56.1 Å². The molecule has 1 saturated heterocycles. The number of carbonyl (C=O) groups excluding carboxylic acids is 2. The number of unbranched alkanes of at least 4 members (excludes halogenated alkanes) is 1. The lowest BCUT2D eigenvalue weighted by molar-refractivity contribution is 0.0152. The van der Waals surface area contributed by atoms with Crippen LogP contribution in [0, 0.1) is 5.41 Å². The van der Waals surface area contributed by atoms with Gasteiger partial charge in [0.15, 0.2) is 0 Å². The van der Waals surface area contributed by atoms with Gasteiger partial charge in [-0.1, -0.05) is 25.1 Å². The fourth-order valence-corrected chi connectivity index (χ4v) is 4.54. The van der Waals surface area contributed by atoms with E-state index < -0.39 is 0 Å². The molecule has 0 unspecified atom stereocenters. The molecule has 31 heavy (non-hydrogen) atoms. The molecule has 2 aromatic rings. The Morgan fingerprint density at radius 2 is 2.00 bits per heavy atom. The number of carbonyl (C=O) groups is 2. The van der Waals surface area contributed by atoms with Crippen molar-refractivity contribution < 1.29 is 19.1 Å². The molecule has 1 amide bonds. The standard InChI is InChI=1S/C24H31N3O4/c1-2-19-21-20(16-24(17-25-22(21)28)10-14-30-15-11-24)27(26-19)12-6-7-13-31-23(29)18-8-4-3-5-9-18/h3-5,8-9H,2,6-7,10-17H2,1H3,(H,25,28). The molecule has 0 bridgehead atoms. The molecule has 1 aromatic carbocycles. The number of aryl methyl sites for hydroxylation is 2. The first-order valence-corrected chi connectivity index (χ1v) is 11.3. The molecule has 1 fully saturated rings. The summed E-state index contributed by atoms with van der Waals surface area (Å²) in [6, 6.07) is 9.04. The van der Waals surface area contributed by atoms with E-state index in [4.69, 9.17) is 14.6 Å². The van der Waals surface area contributed by atoms with Crippen molar-refractivity contribution in [1.82, 2.24) is 15.1 Å². The van der Waals surface area contributed by atoms with Gasteiger partial charge in [0, 0.05) is 26.3 Å². The molecular weight excluding hydrogens is 394 g/mol. The van der Waals surface area contributed by atoms with Gasteiger partial charge >= 0.3 is 5.97 Å². The van der Waals surface area contributed by atoms with Gasteiger partial charge in [-0.2, -0.15) is 5.10 Å². The number of amides is 1. The smallest absolute Gasteiger partial charge is 0.338 e. The number of nitrogens with one attached hydrogen (secondary N) is 1. The molecule has 0 aliphatic carbocycles. The summed E-state index contributed by atoms with van der Waals surface area (Å²) < 4.78 is 13.0. The monoisotopic (exact) mass is 425 g/mol. The number of hydrogen-bond donors (Lipinski definition) is 1. The molecule has 2 aliphatic heterocycles. The highest BCUT2D eigenvalue weighted by Crippen LogP contribution is 2.37. The van der Waals surface area contributed by atoms with Gasteiger partial charge in [-0.15, -0.1) is 0 Å². The average Bonchev–Trinajstić information content (AvgIpc) is 3.08. The molecule has 166 valence electrons. The molecule has 7 heteroatoms. The minimum atomic E-state index is -0.292. The summed E-state index contributed by atoms with van der Waals surface area (Å²) in [5, 5.41) is 7.93. The lowest BCUT2D eigenvalue weighted by Gasteiger charge is -2.36. The number of hydrogen-bond acceptors (Lipinski definition) is 5. The van der Waals surface area contributed by atoms with E-state index in [1.165, 1.54) is 0 Å². The van der Waals surface area contributed by atoms with Crippen molar-refractivity contribution in [2.24, 2.45) is 5.41 Å². The topological polar surface area (TPSA) is 82.5 Å². The molecule has 7 nitrogen and oxygen atoms in total. The summed E-state index contributed by atoms with van der Waals surface area (Å²) >= 11 is 0. The largest absolute Gasteiger partial charge is 0.462 e. The van der Waals surface area contributed by atoms with E-state index in [2.05, 4.69) is 5.32 Å². The normalized spacial score (nSPS) is 17.6. The second-order valence-corrected chi connectivity index (χ2v) is 8.53. The van der Waals surface area contributed by atoms with Crippen molar-refractivity contribution in [3.8, 4) is 0 Å². The Bertz CT molecular complexity index is 916. The number of rotatable bonds is 7. The zero-order chi connectivity index (χ0) is 21.7. The van der Waals surface area contributed by atoms with Crippen molar-refractivity contribution in [3.63, 3.8) is 0 Å². The van der Waals surface area contributed by atoms with Crippen molar-refractivity contribution >= 4 is 11.9 Å². The molecule has 0 saturated carbocycles. The number of nitrogens with zero attached hydrogens (tertiary/aromatic N) is 2. The second kappa shape index (κ2) is 9.64. The first-order chi connectivity index (χ1) is 15.1. The van der Waals surface area contributed by atoms with E-state index in [0.717, 1.165) is 68.7 Å². The van der Waals surface area contributed by atoms with Crippen molar-refractivity contribution in [3.05, 3.63) is 52.8 Å². The Balaban J connectivity index is 1.40. The van der Waals surface area contributed by atoms with Crippen LogP contribution in [-0.4, -0.2) is 48.0 Å². The van der Waals surface area contributed by atoms with E-state index in [-0.39, 0.29) is 17.3 Å². The van der Waals surface area contributed by atoms with Gasteiger partial charge in [0.05, 0.1) is 29.1 Å². The summed E-state index contributed by atoms with van der Waals surface area (Å²) in [5.41, 5.74) is 3.30. The Kier molecular flexibility index (Phi) is 6.70. The highest BCUT2D eigenvalue weighted by Gasteiger charge is 2.39. The third-order valence-corrected chi connectivity index (χ3v) is 6.42. The first-order valence-electron chi connectivity index (χ1n) is 11.3. The first kappa shape index (κ1) is 21.6. The molecule has 4 rings (SSSR count). The Morgan fingerprint density at radius 3 is 2.74 bits per heavy atom. The summed E-state index contributed by atoms with van der Waals surface area (Å²) in [6.07, 6.45) is 5.06. The molecule has 0 atom stereocenters. The minimum Gasteiger partial charge on any atom is -0.462 e. The number of ether oxygens (including phenoxy) is 2. The van der Waals surface area contributed by atoms with Crippen LogP contribution in [0.1, 0.15) is 64.7 Å². The van der Waals surface area contributed by atoms with Crippen molar-refractivity contribution in [1.29, 1.82) is 0 Å². The van der Waals surface area contributed by atoms with E-state index in [1.54, 1.807) is 12.1 Å². The van der Waals surface area contributed by atoms with Crippen LogP contribution in [0.4, 0.5) is 0 Å². The van der Waals surface area contributed by atoms with Crippen molar-refractivity contribution in [2.45, 2.75) is 52.0 Å². The minimum absolute atomic E-state index is 0.00161. The van der Waals surface area contributed by atoms with Crippen LogP contribution in [0.25, 0.3) is 0 Å². The van der Waals surface area contributed by atoms with E-state index in [9.17, 15) is 9.59 Å². The van der Waals surface area contributed by atoms with Gasteiger partial charge in [-0.3, -0.25) is 9.48 Å². The molecule has 2 aliphatic rings. The lowest BCUT2D eigenvalue weighted by atomic mass is 9.76. The van der Waals surface area contributed by atoms with Gasteiger partial charge in [0.1, 0.15) is 0 Å². The molecule has 1 N–H and O–H groups in total. The van der Waals surface area contributed by atoms with Gasteiger partial charge in [0.2, 0.25) is 0 Å². The van der Waals surface area contributed by atoms with E-state index in [0.29, 0.717) is 25.3 Å². The second-order valence-electron chi connectivity index (χ2n) is 8.53. The summed E-state index contributed by atoms with van der Waals surface area (Å²) in [6.45, 7) is 5.31. The fourth-order valence-electron chi connectivity index (χ4n) is 4.54. The zero-order valence-corrected chi connectivity index (χ0v) is 18.2. The molecule has 1 spiro atoms. The Hall–Kier alpha value is -2.67. The van der Waals surface area contributed by atoms with E-state index >= 15 is 0 Å². The lowest BCUT2D eigenvalue weighted by Crippen LogP contribution is -2.40. The van der Waals surface area contributed by atoms with Crippen LogP contribution in [0.3, 0.4) is 0 Å². The molecule has 0 radical (unpaired) electrons. The van der Waals surface area contributed by atoms with Gasteiger partial charge in [0.25, 0.3) is 5.91 Å². The summed E-state index contributed by atoms with van der Waals surface area (Å²) in [5.74, 6) is -0.293. The zero-order valence-electron chi connectivity index (χ0n) is 18.2. The van der Waals surface area contributed by atoms with Crippen LogP contribution < -0.4 is 5.32 Å². The highest BCUT2D eigenvalue weighted by molar-refractivity contribution is 5.97. The van der Waals surface area contributed by atoms with Crippen LogP contribution >= 0.6 is 0 Å². The van der Waals surface area contributed by atoms with Crippen molar-refractivity contribution in [2.75, 3.05) is 26.4 Å². The quantitative estimate of drug-likeness (QED) is 0.544. The third-order valence-electron chi connectivity index (χ3n) is 6.42. The van der Waals surface area contributed by atoms with Crippen LogP contribution in [0.15, 0.2) is 30.3 Å². The highest BCUT2D eigenvalue weighted by atomic mass is 16.5. The van der Waals surface area contributed by atoms with Crippen LogP contribution in [0.2, 0.25) is 0 Å². The maximum Gasteiger partial charge on any atom is 0.338 e. The summed E-state index contributed by atoms with van der Waals surface area (Å²) in [4.78, 5) is 24.9. The third kappa shape index (κ3) is 4.82. The molecular formula is C24H31N3O4. The van der Waals surface area contributed by atoms with Crippen LogP contribution in [-0.2, 0) is 28.9 Å². The number of fused-ring (bicyclic) bond motifs is 1. The van der Waals surface area contributed by atoms with Gasteiger partial charge < -0.3 is 14.8 Å². The predicted molar refractivity (Wildman–Crippen MR) is 116 cm³/mol. The molecule has 3 heterocycles. The number of benzene rings is 1. The Labute approximate surface area is 183 Å². The van der Waals surface area contributed by atoms with Gasteiger partial charge in [-0.25, -0.2) is 4.79 Å². The maximum atomic E-state index is 12.9. The average molecular weight is 426 g/mol. The number of esters is 1. The molecule has 1 aromatic heterocycles. The van der Waals surface area contributed by atoms with Crippen LogP contribution in [0.5, 0.6) is 0 Å². The van der Waals surface area contributed by atoms with E-state index in [1.807, 2.05) is 29.8 Å². The predicted octanol–water partition coefficient (Wildman–Crippen LogP) is 3.17. The number of aromatic nitrogens is 2. The SMILES string of the molecule is CCc1nn(CCCCOC(=O)c2ccccc2)c2c1C(=O)NCC1(CCOCC1)C2.